The number of aromatic nitrogens is 1. The summed E-state index contributed by atoms with van der Waals surface area (Å²) in [7, 11) is 4.71. The van der Waals surface area contributed by atoms with Gasteiger partial charge in [0.25, 0.3) is 0 Å². The smallest absolute Gasteiger partial charge is 0.242 e. The molecule has 0 saturated carbocycles. The zero-order valence-electron chi connectivity index (χ0n) is 20.5. The molecule has 1 atom stereocenters. The van der Waals surface area contributed by atoms with E-state index in [1.807, 2.05) is 42.5 Å². The largest absolute Gasteiger partial charge is 0.497 e. The van der Waals surface area contributed by atoms with Crippen LogP contribution >= 0.6 is 0 Å². The van der Waals surface area contributed by atoms with Crippen molar-refractivity contribution >= 4 is 11.8 Å². The lowest BCUT2D eigenvalue weighted by atomic mass is 10.1. The van der Waals surface area contributed by atoms with Gasteiger partial charge in [-0.15, -0.1) is 0 Å². The summed E-state index contributed by atoms with van der Waals surface area (Å²) < 4.78 is 15.9. The zero-order chi connectivity index (χ0) is 25.2. The molecule has 35 heavy (non-hydrogen) atoms. The van der Waals surface area contributed by atoms with Crippen molar-refractivity contribution in [2.24, 2.45) is 0 Å². The van der Waals surface area contributed by atoms with Gasteiger partial charge >= 0.3 is 0 Å². The number of nitrogens with one attached hydrogen (secondary N) is 1. The van der Waals surface area contributed by atoms with Crippen LogP contribution in [-0.4, -0.2) is 49.1 Å². The molecule has 3 aromatic rings. The maximum absolute atomic E-state index is 13.5. The lowest BCUT2D eigenvalue weighted by Gasteiger charge is -2.29. The number of methoxy groups -OCH3 is 3. The van der Waals surface area contributed by atoms with E-state index in [0.29, 0.717) is 18.0 Å². The number of benzene rings is 2. The molecular weight excluding hydrogens is 446 g/mol. The van der Waals surface area contributed by atoms with Crippen molar-refractivity contribution in [2.45, 2.75) is 32.5 Å². The Kier molecular flexibility index (Phi) is 9.06. The summed E-state index contributed by atoms with van der Waals surface area (Å²) in [4.78, 5) is 32.0. The highest BCUT2D eigenvalue weighted by atomic mass is 16.5. The van der Waals surface area contributed by atoms with Gasteiger partial charge in [0.15, 0.2) is 11.5 Å². The van der Waals surface area contributed by atoms with E-state index in [0.717, 1.165) is 22.4 Å². The first-order valence-electron chi connectivity index (χ1n) is 11.2. The quantitative estimate of drug-likeness (QED) is 0.455. The molecule has 8 nitrogen and oxygen atoms in total. The number of pyridine rings is 1. The number of hydrogen-bond donors (Lipinski definition) is 1. The molecule has 1 N–H and O–H groups in total. The second-order valence-corrected chi connectivity index (χ2v) is 7.99. The van der Waals surface area contributed by atoms with E-state index >= 15 is 0 Å². The predicted octanol–water partition coefficient (Wildman–Crippen LogP) is 3.38. The minimum atomic E-state index is -0.688. The van der Waals surface area contributed by atoms with E-state index in [9.17, 15) is 9.59 Å². The van der Waals surface area contributed by atoms with E-state index in [-0.39, 0.29) is 24.8 Å². The summed E-state index contributed by atoms with van der Waals surface area (Å²) in [5.41, 5.74) is 2.58. The van der Waals surface area contributed by atoms with Crippen molar-refractivity contribution < 1.29 is 23.8 Å². The SMILES string of the molecule is COc1ccc(CN(C(=O)Cc2ccc(OC)c(OC)c2)[C@H](C)C(=O)NCc2ccncc2)cc1. The molecule has 0 bridgehead atoms. The van der Waals surface area contributed by atoms with Crippen LogP contribution in [0.2, 0.25) is 0 Å². The van der Waals surface area contributed by atoms with Gasteiger partial charge in [-0.05, 0) is 60.0 Å². The number of nitrogens with zero attached hydrogens (tertiary/aromatic N) is 2. The Labute approximate surface area is 205 Å². The van der Waals surface area contributed by atoms with E-state index in [2.05, 4.69) is 10.3 Å². The zero-order valence-corrected chi connectivity index (χ0v) is 20.5. The van der Waals surface area contributed by atoms with Gasteiger partial charge in [-0.2, -0.15) is 0 Å². The van der Waals surface area contributed by atoms with Gasteiger partial charge in [-0.3, -0.25) is 14.6 Å². The van der Waals surface area contributed by atoms with Crippen molar-refractivity contribution in [3.8, 4) is 17.2 Å². The normalized spacial score (nSPS) is 11.3. The first-order chi connectivity index (χ1) is 16.9. The van der Waals surface area contributed by atoms with Gasteiger partial charge in [-0.25, -0.2) is 0 Å². The van der Waals surface area contributed by atoms with Crippen molar-refractivity contribution in [2.75, 3.05) is 21.3 Å². The van der Waals surface area contributed by atoms with Gasteiger partial charge < -0.3 is 24.4 Å². The topological polar surface area (TPSA) is 90.0 Å². The lowest BCUT2D eigenvalue weighted by molar-refractivity contribution is -0.140. The number of ether oxygens (including phenoxy) is 3. The molecule has 0 aliphatic rings. The minimum Gasteiger partial charge on any atom is -0.497 e. The molecule has 2 aromatic carbocycles. The van der Waals surface area contributed by atoms with Crippen LogP contribution in [0.1, 0.15) is 23.6 Å². The molecule has 0 aliphatic carbocycles. The Balaban J connectivity index is 1.79. The van der Waals surface area contributed by atoms with Crippen LogP contribution in [-0.2, 0) is 29.1 Å². The monoisotopic (exact) mass is 477 g/mol. The first-order valence-corrected chi connectivity index (χ1v) is 11.2. The Hall–Kier alpha value is -4.07. The predicted molar refractivity (Wildman–Crippen MR) is 132 cm³/mol. The summed E-state index contributed by atoms with van der Waals surface area (Å²) in [5, 5.41) is 2.92. The van der Waals surface area contributed by atoms with Crippen LogP contribution in [0.5, 0.6) is 17.2 Å². The number of amides is 2. The van der Waals surface area contributed by atoms with E-state index in [1.54, 1.807) is 57.7 Å². The number of carbonyl (C=O) groups excluding carboxylic acids is 2. The van der Waals surface area contributed by atoms with E-state index < -0.39 is 6.04 Å². The third kappa shape index (κ3) is 6.96. The van der Waals surface area contributed by atoms with Gasteiger partial charge in [-0.1, -0.05) is 18.2 Å². The summed E-state index contributed by atoms with van der Waals surface area (Å²) in [6.45, 7) is 2.36. The molecule has 8 heteroatoms. The second kappa shape index (κ2) is 12.4. The standard InChI is InChI=1S/C27H31N3O5/c1-19(27(32)29-17-20-11-13-28-14-12-20)30(18-21-5-8-23(33-2)9-6-21)26(31)16-22-7-10-24(34-3)25(15-22)35-4/h5-15,19H,16-18H2,1-4H3,(H,29,32)/t19-/m1/s1. The van der Waals surface area contributed by atoms with Crippen LogP contribution in [0.3, 0.4) is 0 Å². The number of rotatable bonds is 11. The van der Waals surface area contributed by atoms with Crippen LogP contribution in [0.4, 0.5) is 0 Å². The number of hydrogen-bond acceptors (Lipinski definition) is 6. The molecule has 0 spiro atoms. The molecule has 0 aliphatic heterocycles. The van der Waals surface area contributed by atoms with Crippen LogP contribution < -0.4 is 19.5 Å². The Morgan fingerprint density at radius 1 is 0.857 bits per heavy atom. The highest BCUT2D eigenvalue weighted by Gasteiger charge is 2.26. The molecule has 0 fully saturated rings. The summed E-state index contributed by atoms with van der Waals surface area (Å²) in [5.74, 6) is 1.43. The van der Waals surface area contributed by atoms with Gasteiger partial charge in [0.2, 0.25) is 11.8 Å². The average molecular weight is 478 g/mol. The molecule has 3 rings (SSSR count). The third-order valence-corrected chi connectivity index (χ3v) is 5.70. The minimum absolute atomic E-state index is 0.110. The van der Waals surface area contributed by atoms with Crippen molar-refractivity contribution in [3.63, 3.8) is 0 Å². The van der Waals surface area contributed by atoms with Crippen LogP contribution in [0, 0.1) is 0 Å². The molecule has 0 saturated heterocycles. The van der Waals surface area contributed by atoms with E-state index in [1.165, 1.54) is 0 Å². The highest BCUT2D eigenvalue weighted by Crippen LogP contribution is 2.28. The van der Waals surface area contributed by atoms with Crippen molar-refractivity contribution in [1.29, 1.82) is 0 Å². The fourth-order valence-corrected chi connectivity index (χ4v) is 3.61. The maximum atomic E-state index is 13.5. The van der Waals surface area contributed by atoms with Gasteiger partial charge in [0.05, 0.1) is 27.8 Å². The average Bonchev–Trinajstić information content (AvgIpc) is 2.90. The number of carbonyl (C=O) groups is 2. The lowest BCUT2D eigenvalue weighted by Crippen LogP contribution is -2.48. The van der Waals surface area contributed by atoms with Crippen molar-refractivity contribution in [3.05, 3.63) is 83.7 Å². The third-order valence-electron chi connectivity index (χ3n) is 5.70. The maximum Gasteiger partial charge on any atom is 0.242 e. The fourth-order valence-electron chi connectivity index (χ4n) is 3.61. The molecular formula is C27H31N3O5. The molecule has 184 valence electrons. The Morgan fingerprint density at radius 2 is 1.51 bits per heavy atom. The molecule has 1 aromatic heterocycles. The fraction of sp³-hybridized carbons (Fsp3) is 0.296. The molecule has 0 unspecified atom stereocenters. The summed E-state index contributed by atoms with van der Waals surface area (Å²) in [6.07, 6.45) is 3.46. The van der Waals surface area contributed by atoms with Crippen LogP contribution in [0.25, 0.3) is 0 Å². The highest BCUT2D eigenvalue weighted by molar-refractivity contribution is 5.88. The first kappa shape index (κ1) is 25.6. The van der Waals surface area contributed by atoms with Crippen molar-refractivity contribution in [1.82, 2.24) is 15.2 Å². The van der Waals surface area contributed by atoms with Gasteiger partial charge in [0, 0.05) is 25.5 Å². The Morgan fingerprint density at radius 3 is 2.14 bits per heavy atom. The molecule has 2 amide bonds. The molecule has 1 heterocycles. The van der Waals surface area contributed by atoms with Gasteiger partial charge in [0.1, 0.15) is 11.8 Å². The summed E-state index contributed by atoms with van der Waals surface area (Å²) in [6, 6.07) is 15.8. The molecule has 0 radical (unpaired) electrons. The second-order valence-electron chi connectivity index (χ2n) is 7.99. The Bertz CT molecular complexity index is 1120. The van der Waals surface area contributed by atoms with E-state index in [4.69, 9.17) is 14.2 Å². The summed E-state index contributed by atoms with van der Waals surface area (Å²) >= 11 is 0. The van der Waals surface area contributed by atoms with Crippen LogP contribution in [0.15, 0.2) is 67.0 Å².